The summed E-state index contributed by atoms with van der Waals surface area (Å²) in [5.41, 5.74) is 2.29. The third kappa shape index (κ3) is 3.84. The quantitative estimate of drug-likeness (QED) is 0.669. The Morgan fingerprint density at radius 3 is 2.87 bits per heavy atom. The van der Waals surface area contributed by atoms with E-state index in [4.69, 9.17) is 9.47 Å². The van der Waals surface area contributed by atoms with E-state index in [0.29, 0.717) is 34.3 Å². The molecule has 2 amide bonds. The number of nitrogens with one attached hydrogen (secondary N) is 1. The second kappa shape index (κ2) is 7.99. The van der Waals surface area contributed by atoms with E-state index in [0.717, 1.165) is 18.4 Å². The highest BCUT2D eigenvalue weighted by Gasteiger charge is 2.33. The molecule has 2 aliphatic heterocycles. The van der Waals surface area contributed by atoms with Crippen LogP contribution >= 0.6 is 11.3 Å². The van der Waals surface area contributed by atoms with Crippen molar-refractivity contribution in [2.75, 3.05) is 18.7 Å². The van der Waals surface area contributed by atoms with Gasteiger partial charge in [0.2, 0.25) is 11.8 Å². The largest absolute Gasteiger partial charge is 0.454 e. The van der Waals surface area contributed by atoms with Crippen molar-refractivity contribution in [3.05, 3.63) is 63.6 Å². The first-order valence-corrected chi connectivity index (χ1v) is 10.8. The highest BCUT2D eigenvalue weighted by Crippen LogP contribution is 2.36. The molecule has 1 atom stereocenters. The molecule has 1 saturated heterocycles. The van der Waals surface area contributed by atoms with Gasteiger partial charge in [0.15, 0.2) is 11.5 Å². The normalized spacial score (nSPS) is 17.1. The lowest BCUT2D eigenvalue weighted by atomic mass is 10.1. The topological polar surface area (TPSA) is 93.7 Å². The number of nitrogens with zero attached hydrogens (tertiary/aromatic N) is 3. The van der Waals surface area contributed by atoms with Crippen LogP contribution in [0.2, 0.25) is 0 Å². The van der Waals surface area contributed by atoms with Crippen molar-refractivity contribution >= 4 is 28.8 Å². The van der Waals surface area contributed by atoms with Crippen LogP contribution in [0.5, 0.6) is 11.5 Å². The second-order valence-corrected chi connectivity index (χ2v) is 8.50. The van der Waals surface area contributed by atoms with Crippen molar-refractivity contribution in [3.8, 4) is 11.5 Å². The molecule has 1 aromatic heterocycles. The number of aromatic nitrogens is 2. The predicted octanol–water partition coefficient (Wildman–Crippen LogP) is 3.80. The van der Waals surface area contributed by atoms with Crippen LogP contribution in [0.15, 0.2) is 42.5 Å². The third-order valence-electron chi connectivity index (χ3n) is 5.33. The molecule has 8 nitrogen and oxygen atoms in total. The summed E-state index contributed by atoms with van der Waals surface area (Å²) in [7, 11) is 0. The highest BCUT2D eigenvalue weighted by atomic mass is 32.1. The summed E-state index contributed by atoms with van der Waals surface area (Å²) in [6, 6.07) is 12.6. The van der Waals surface area contributed by atoms with Crippen molar-refractivity contribution < 1.29 is 19.1 Å². The van der Waals surface area contributed by atoms with Crippen molar-refractivity contribution in [2.24, 2.45) is 0 Å². The molecule has 31 heavy (non-hydrogen) atoms. The zero-order chi connectivity index (χ0) is 21.4. The molecule has 0 spiro atoms. The molecule has 0 saturated carbocycles. The van der Waals surface area contributed by atoms with E-state index in [1.165, 1.54) is 11.3 Å². The minimum Gasteiger partial charge on any atom is -0.454 e. The van der Waals surface area contributed by atoms with Gasteiger partial charge in [-0.05, 0) is 44.0 Å². The van der Waals surface area contributed by atoms with Gasteiger partial charge in [0.1, 0.15) is 5.01 Å². The van der Waals surface area contributed by atoms with E-state index >= 15 is 0 Å². The fourth-order valence-electron chi connectivity index (χ4n) is 3.83. The number of fused-ring (bicyclic) bond motifs is 1. The Kier molecular flexibility index (Phi) is 5.03. The minimum atomic E-state index is -0.350. The van der Waals surface area contributed by atoms with Crippen LogP contribution in [-0.4, -0.2) is 40.2 Å². The van der Waals surface area contributed by atoms with E-state index in [2.05, 4.69) is 15.5 Å². The Morgan fingerprint density at radius 1 is 1.13 bits per heavy atom. The molecule has 1 N–H and O–H groups in total. The van der Waals surface area contributed by atoms with Crippen LogP contribution in [0.25, 0.3) is 0 Å². The van der Waals surface area contributed by atoms with Crippen LogP contribution in [0, 0.1) is 6.92 Å². The number of likely N-dealkylation sites (tertiary alicyclic amines) is 1. The van der Waals surface area contributed by atoms with Gasteiger partial charge >= 0.3 is 0 Å². The van der Waals surface area contributed by atoms with Gasteiger partial charge in [-0.3, -0.25) is 9.59 Å². The maximum absolute atomic E-state index is 13.0. The fourth-order valence-corrected chi connectivity index (χ4v) is 4.72. The molecule has 1 fully saturated rings. The summed E-state index contributed by atoms with van der Waals surface area (Å²) in [6.07, 6.45) is 1.69. The summed E-state index contributed by atoms with van der Waals surface area (Å²) in [5.74, 6) is 0.868. The molecule has 0 bridgehead atoms. The van der Waals surface area contributed by atoms with Crippen molar-refractivity contribution in [1.82, 2.24) is 15.1 Å². The number of aryl methyl sites for hydroxylation is 1. The molecule has 3 heterocycles. The first-order chi connectivity index (χ1) is 15.1. The number of anilines is 1. The monoisotopic (exact) mass is 436 g/mol. The minimum absolute atomic E-state index is 0.0206. The van der Waals surface area contributed by atoms with Crippen molar-refractivity contribution in [1.29, 1.82) is 0 Å². The average Bonchev–Trinajstić information content (AvgIpc) is 3.52. The molecular weight excluding hydrogens is 416 g/mol. The number of carbonyl (C=O) groups is 2. The van der Waals surface area contributed by atoms with Crippen LogP contribution in [-0.2, 0) is 0 Å². The van der Waals surface area contributed by atoms with Gasteiger partial charge in [-0.15, -0.1) is 10.2 Å². The summed E-state index contributed by atoms with van der Waals surface area (Å²) in [4.78, 5) is 27.5. The fraction of sp³-hybridized carbons (Fsp3) is 0.273. The molecular formula is C22H20N4O4S. The van der Waals surface area contributed by atoms with Gasteiger partial charge in [0.25, 0.3) is 11.8 Å². The van der Waals surface area contributed by atoms with Gasteiger partial charge < -0.3 is 19.7 Å². The van der Waals surface area contributed by atoms with Gasteiger partial charge in [0.05, 0.1) is 6.04 Å². The molecule has 3 aromatic rings. The molecule has 5 rings (SSSR count). The van der Waals surface area contributed by atoms with Gasteiger partial charge in [0, 0.05) is 23.9 Å². The molecule has 0 unspecified atom stereocenters. The SMILES string of the molecule is Cc1cccc(C(=O)N2CCC[C@@H]2c2nnc(C(=O)Nc3ccc4c(c3)OCO4)s2)c1. The number of hydrogen-bond acceptors (Lipinski definition) is 7. The maximum atomic E-state index is 13.0. The Morgan fingerprint density at radius 2 is 2.00 bits per heavy atom. The Labute approximate surface area is 182 Å². The Hall–Kier alpha value is -3.46. The number of ether oxygens (including phenoxy) is 2. The van der Waals surface area contributed by atoms with E-state index in [1.54, 1.807) is 18.2 Å². The Bertz CT molecular complexity index is 1160. The highest BCUT2D eigenvalue weighted by molar-refractivity contribution is 7.13. The van der Waals surface area contributed by atoms with Crippen LogP contribution < -0.4 is 14.8 Å². The molecule has 9 heteroatoms. The molecule has 0 aliphatic carbocycles. The zero-order valence-electron chi connectivity index (χ0n) is 16.8. The van der Waals surface area contributed by atoms with Gasteiger partial charge in [-0.1, -0.05) is 29.0 Å². The van der Waals surface area contributed by atoms with Crippen molar-refractivity contribution in [2.45, 2.75) is 25.8 Å². The standard InChI is InChI=1S/C22H20N4O4S/c1-13-4-2-5-14(10-13)22(28)26-9-3-6-16(26)20-24-25-21(31-20)19(27)23-15-7-8-17-18(11-15)30-12-29-17/h2,4-5,7-8,10-11,16H,3,6,9,12H2,1H3,(H,23,27)/t16-/m1/s1. The number of amides is 2. The summed E-state index contributed by atoms with van der Waals surface area (Å²) < 4.78 is 10.6. The lowest BCUT2D eigenvalue weighted by Crippen LogP contribution is -2.30. The van der Waals surface area contributed by atoms with Gasteiger partial charge in [-0.2, -0.15) is 0 Å². The summed E-state index contributed by atoms with van der Waals surface area (Å²) in [6.45, 7) is 2.80. The van der Waals surface area contributed by atoms with E-state index in [-0.39, 0.29) is 29.7 Å². The van der Waals surface area contributed by atoms with E-state index in [1.807, 2.05) is 36.1 Å². The van der Waals surface area contributed by atoms with Crippen LogP contribution in [0.3, 0.4) is 0 Å². The van der Waals surface area contributed by atoms with E-state index in [9.17, 15) is 9.59 Å². The lowest BCUT2D eigenvalue weighted by Gasteiger charge is -2.23. The second-order valence-electron chi connectivity index (χ2n) is 7.49. The van der Waals surface area contributed by atoms with Crippen LogP contribution in [0.1, 0.15) is 49.6 Å². The first kappa shape index (κ1) is 19.5. The zero-order valence-corrected chi connectivity index (χ0v) is 17.6. The van der Waals surface area contributed by atoms with Gasteiger partial charge in [-0.25, -0.2) is 0 Å². The predicted molar refractivity (Wildman–Crippen MR) is 115 cm³/mol. The molecule has 2 aromatic carbocycles. The number of hydrogen-bond donors (Lipinski definition) is 1. The third-order valence-corrected chi connectivity index (χ3v) is 6.35. The number of benzene rings is 2. The van der Waals surface area contributed by atoms with Crippen molar-refractivity contribution in [3.63, 3.8) is 0 Å². The average molecular weight is 436 g/mol. The first-order valence-electron chi connectivity index (χ1n) is 10.0. The van der Waals surface area contributed by atoms with E-state index < -0.39 is 0 Å². The number of carbonyl (C=O) groups excluding carboxylic acids is 2. The van der Waals surface area contributed by atoms with Crippen LogP contribution in [0.4, 0.5) is 5.69 Å². The lowest BCUT2D eigenvalue weighted by molar-refractivity contribution is 0.0734. The summed E-state index contributed by atoms with van der Waals surface area (Å²) >= 11 is 1.22. The Balaban J connectivity index is 1.31. The molecule has 158 valence electrons. The molecule has 0 radical (unpaired) electrons. The molecule has 2 aliphatic rings. The maximum Gasteiger partial charge on any atom is 0.286 e. The summed E-state index contributed by atoms with van der Waals surface area (Å²) in [5, 5.41) is 12.0. The smallest absolute Gasteiger partial charge is 0.286 e. The number of rotatable bonds is 4.